The van der Waals surface area contributed by atoms with E-state index in [9.17, 15) is 9.59 Å². The summed E-state index contributed by atoms with van der Waals surface area (Å²) >= 11 is 0. The van der Waals surface area contributed by atoms with Crippen molar-refractivity contribution in [2.75, 3.05) is 5.32 Å². The van der Waals surface area contributed by atoms with Crippen molar-refractivity contribution >= 4 is 11.6 Å². The fourth-order valence-electron chi connectivity index (χ4n) is 1.96. The summed E-state index contributed by atoms with van der Waals surface area (Å²) in [5, 5.41) is 13.5. The molecule has 0 radical (unpaired) electrons. The monoisotopic (exact) mass is 296 g/mol. The van der Waals surface area contributed by atoms with Gasteiger partial charge in [-0.05, 0) is 40.8 Å². The van der Waals surface area contributed by atoms with E-state index >= 15 is 0 Å². The molecule has 1 N–H and O–H groups in total. The third-order valence-corrected chi connectivity index (χ3v) is 3.09. The van der Waals surface area contributed by atoms with Crippen LogP contribution in [0.4, 0.5) is 5.69 Å². The molecule has 22 heavy (non-hydrogen) atoms. The number of rotatable bonds is 3. The van der Waals surface area contributed by atoms with E-state index < -0.39 is 0 Å². The Hall–Kier alpha value is -3.29. The first-order valence-corrected chi connectivity index (χ1v) is 6.45. The molecule has 110 valence electrons. The number of tetrazole rings is 1. The summed E-state index contributed by atoms with van der Waals surface area (Å²) in [4.78, 5) is 24.2. The normalized spacial score (nSPS) is 10.4. The number of amides is 1. The molecule has 2 aromatic heterocycles. The van der Waals surface area contributed by atoms with Crippen molar-refractivity contribution in [2.24, 2.45) is 7.05 Å². The Morgan fingerprint density at radius 2 is 2.09 bits per heavy atom. The van der Waals surface area contributed by atoms with Crippen molar-refractivity contribution in [3.05, 3.63) is 64.8 Å². The largest absolute Gasteiger partial charge is 0.317 e. The van der Waals surface area contributed by atoms with Gasteiger partial charge in [0, 0.05) is 18.8 Å². The molecule has 3 rings (SSSR count). The van der Waals surface area contributed by atoms with Crippen molar-refractivity contribution in [3.8, 4) is 5.69 Å². The molecule has 1 amide bonds. The maximum absolute atomic E-state index is 12.3. The SMILES string of the molecule is Cn1cccc(NC(=O)c2cccc(-n3cnnn3)c2)c1=O. The van der Waals surface area contributed by atoms with Crippen LogP contribution in [0.2, 0.25) is 0 Å². The minimum Gasteiger partial charge on any atom is -0.317 e. The summed E-state index contributed by atoms with van der Waals surface area (Å²) in [5.74, 6) is -0.377. The zero-order chi connectivity index (χ0) is 15.5. The Morgan fingerprint density at radius 3 is 2.86 bits per heavy atom. The van der Waals surface area contributed by atoms with Gasteiger partial charge in [-0.15, -0.1) is 5.10 Å². The fourth-order valence-corrected chi connectivity index (χ4v) is 1.96. The third kappa shape index (κ3) is 2.62. The summed E-state index contributed by atoms with van der Waals surface area (Å²) in [7, 11) is 1.62. The van der Waals surface area contributed by atoms with Crippen LogP contribution in [0.25, 0.3) is 5.69 Å². The highest BCUT2D eigenvalue weighted by Gasteiger charge is 2.10. The van der Waals surface area contributed by atoms with E-state index in [1.807, 2.05) is 0 Å². The number of nitrogens with one attached hydrogen (secondary N) is 1. The Bertz CT molecular complexity index is 869. The van der Waals surface area contributed by atoms with Gasteiger partial charge in [-0.3, -0.25) is 9.59 Å². The molecule has 8 nitrogen and oxygen atoms in total. The van der Waals surface area contributed by atoms with Crippen molar-refractivity contribution < 1.29 is 4.79 Å². The highest BCUT2D eigenvalue weighted by Crippen LogP contribution is 2.10. The zero-order valence-corrected chi connectivity index (χ0v) is 11.7. The first-order chi connectivity index (χ1) is 10.6. The minimum atomic E-state index is -0.377. The average Bonchev–Trinajstić information content (AvgIpc) is 3.06. The van der Waals surface area contributed by atoms with Crippen LogP contribution in [0.5, 0.6) is 0 Å². The molecule has 0 fully saturated rings. The highest BCUT2D eigenvalue weighted by molar-refractivity contribution is 6.04. The van der Waals surface area contributed by atoms with Crippen LogP contribution in [-0.2, 0) is 7.05 Å². The van der Waals surface area contributed by atoms with Crippen LogP contribution >= 0.6 is 0 Å². The van der Waals surface area contributed by atoms with Gasteiger partial charge in [-0.2, -0.15) is 0 Å². The lowest BCUT2D eigenvalue weighted by molar-refractivity contribution is 0.102. The van der Waals surface area contributed by atoms with Crippen LogP contribution in [0.15, 0.2) is 53.7 Å². The standard InChI is InChI=1S/C14H12N6O2/c1-19-7-3-6-12(14(19)22)16-13(21)10-4-2-5-11(8-10)20-9-15-17-18-20/h2-9H,1H3,(H,16,21). The number of carbonyl (C=O) groups is 1. The number of nitrogens with zero attached hydrogens (tertiary/aromatic N) is 5. The molecular weight excluding hydrogens is 284 g/mol. The molecular formula is C14H12N6O2. The number of pyridine rings is 1. The molecule has 0 bridgehead atoms. The lowest BCUT2D eigenvalue weighted by Gasteiger charge is -2.07. The minimum absolute atomic E-state index is 0.225. The smallest absolute Gasteiger partial charge is 0.274 e. The van der Waals surface area contributed by atoms with Gasteiger partial charge in [0.2, 0.25) is 0 Å². The highest BCUT2D eigenvalue weighted by atomic mass is 16.2. The third-order valence-electron chi connectivity index (χ3n) is 3.09. The van der Waals surface area contributed by atoms with E-state index in [-0.39, 0.29) is 17.2 Å². The lowest BCUT2D eigenvalue weighted by Crippen LogP contribution is -2.23. The Balaban J connectivity index is 1.88. The van der Waals surface area contributed by atoms with Crippen molar-refractivity contribution in [3.63, 3.8) is 0 Å². The predicted molar refractivity (Wildman–Crippen MR) is 78.8 cm³/mol. The van der Waals surface area contributed by atoms with Gasteiger partial charge in [0.1, 0.15) is 12.0 Å². The molecule has 0 aliphatic carbocycles. The number of hydrogen-bond acceptors (Lipinski definition) is 5. The van der Waals surface area contributed by atoms with E-state index in [1.165, 1.54) is 15.6 Å². The summed E-state index contributed by atoms with van der Waals surface area (Å²) in [6.07, 6.45) is 3.06. The number of carbonyl (C=O) groups excluding carboxylic acids is 1. The first kappa shape index (κ1) is 13.7. The van der Waals surface area contributed by atoms with Gasteiger partial charge in [0.05, 0.1) is 5.69 Å². The molecule has 0 aliphatic rings. The molecule has 1 aromatic carbocycles. The van der Waals surface area contributed by atoms with Crippen LogP contribution in [0.3, 0.4) is 0 Å². The van der Waals surface area contributed by atoms with Gasteiger partial charge in [-0.1, -0.05) is 6.07 Å². The summed E-state index contributed by atoms with van der Waals surface area (Å²) in [6, 6.07) is 10.0. The quantitative estimate of drug-likeness (QED) is 0.764. The Morgan fingerprint density at radius 1 is 1.23 bits per heavy atom. The van der Waals surface area contributed by atoms with E-state index in [1.54, 1.807) is 49.6 Å². The number of benzene rings is 1. The lowest BCUT2D eigenvalue weighted by atomic mass is 10.2. The molecule has 0 atom stereocenters. The topological polar surface area (TPSA) is 94.7 Å². The van der Waals surface area contributed by atoms with Gasteiger partial charge in [0.15, 0.2) is 0 Å². The van der Waals surface area contributed by atoms with E-state index in [4.69, 9.17) is 0 Å². The number of hydrogen-bond donors (Lipinski definition) is 1. The second-order valence-corrected chi connectivity index (χ2v) is 4.60. The number of aromatic nitrogens is 5. The molecule has 0 spiro atoms. The van der Waals surface area contributed by atoms with Crippen LogP contribution in [0.1, 0.15) is 10.4 Å². The van der Waals surface area contributed by atoms with E-state index in [2.05, 4.69) is 20.8 Å². The molecule has 0 saturated heterocycles. The number of aryl methyl sites for hydroxylation is 1. The maximum atomic E-state index is 12.3. The van der Waals surface area contributed by atoms with E-state index in [0.29, 0.717) is 11.3 Å². The van der Waals surface area contributed by atoms with Gasteiger partial charge in [-0.25, -0.2) is 4.68 Å². The second-order valence-electron chi connectivity index (χ2n) is 4.60. The van der Waals surface area contributed by atoms with Crippen LogP contribution in [0, 0.1) is 0 Å². The Labute approximate surface area is 125 Å². The molecule has 0 unspecified atom stereocenters. The zero-order valence-electron chi connectivity index (χ0n) is 11.7. The Kier molecular flexibility index (Phi) is 3.48. The van der Waals surface area contributed by atoms with Crippen LogP contribution < -0.4 is 10.9 Å². The molecule has 0 aliphatic heterocycles. The first-order valence-electron chi connectivity index (χ1n) is 6.45. The summed E-state index contributed by atoms with van der Waals surface area (Å²) < 4.78 is 2.84. The van der Waals surface area contributed by atoms with E-state index in [0.717, 1.165) is 0 Å². The molecule has 3 aromatic rings. The van der Waals surface area contributed by atoms with Crippen LogP contribution in [-0.4, -0.2) is 30.7 Å². The van der Waals surface area contributed by atoms with Crippen molar-refractivity contribution in [2.45, 2.75) is 0 Å². The molecule has 8 heteroatoms. The van der Waals surface area contributed by atoms with Gasteiger partial charge in [0.25, 0.3) is 11.5 Å². The number of anilines is 1. The van der Waals surface area contributed by atoms with Gasteiger partial charge >= 0.3 is 0 Å². The maximum Gasteiger partial charge on any atom is 0.274 e. The van der Waals surface area contributed by atoms with Crippen molar-refractivity contribution in [1.82, 2.24) is 24.8 Å². The average molecular weight is 296 g/mol. The summed E-state index contributed by atoms with van der Waals surface area (Å²) in [6.45, 7) is 0. The molecule has 2 heterocycles. The van der Waals surface area contributed by atoms with Crippen molar-refractivity contribution in [1.29, 1.82) is 0 Å². The molecule has 0 saturated carbocycles. The fraction of sp³-hybridized carbons (Fsp3) is 0.0714. The second kappa shape index (κ2) is 5.60. The summed E-state index contributed by atoms with van der Waals surface area (Å²) in [5.41, 5.74) is 1.01. The van der Waals surface area contributed by atoms with Gasteiger partial charge < -0.3 is 9.88 Å². The predicted octanol–water partition coefficient (Wildman–Crippen LogP) is 0.613.